The van der Waals surface area contributed by atoms with Crippen molar-refractivity contribution in [2.45, 2.75) is 38.8 Å². The van der Waals surface area contributed by atoms with Crippen LogP contribution in [-0.4, -0.2) is 23.0 Å². The van der Waals surface area contributed by atoms with Crippen molar-refractivity contribution in [1.29, 1.82) is 0 Å². The lowest BCUT2D eigenvalue weighted by molar-refractivity contribution is -0.121. The Hall–Kier alpha value is -1.58. The fraction of sp³-hybridized carbons (Fsp3) is 0.500. The molecule has 1 atom stereocenters. The normalized spacial score (nSPS) is 16.6. The van der Waals surface area contributed by atoms with E-state index in [2.05, 4.69) is 15.6 Å². The van der Waals surface area contributed by atoms with Crippen LogP contribution in [0.2, 0.25) is 0 Å². The number of pyridine rings is 1. The number of nitrogens with zero attached hydrogens (tertiary/aromatic N) is 1. The zero-order chi connectivity index (χ0) is 11.5. The van der Waals surface area contributed by atoms with E-state index < -0.39 is 0 Å². The zero-order valence-electron chi connectivity index (χ0n) is 9.66. The van der Waals surface area contributed by atoms with Crippen molar-refractivity contribution in [3.05, 3.63) is 23.9 Å². The zero-order valence-corrected chi connectivity index (χ0v) is 9.66. The van der Waals surface area contributed by atoms with Crippen LogP contribution in [0.15, 0.2) is 18.3 Å². The molecule has 0 bridgehead atoms. The minimum atomic E-state index is -0.240. The number of anilines is 1. The molecule has 1 unspecified atom stereocenters. The van der Waals surface area contributed by atoms with Crippen LogP contribution in [0.25, 0.3) is 0 Å². The van der Waals surface area contributed by atoms with Crippen molar-refractivity contribution in [3.8, 4) is 0 Å². The number of aryl methyl sites for hydroxylation is 1. The smallest absolute Gasteiger partial charge is 0.242 e. The third-order valence-electron chi connectivity index (χ3n) is 2.59. The highest BCUT2D eigenvalue weighted by Crippen LogP contribution is 2.18. The van der Waals surface area contributed by atoms with Crippen LogP contribution in [0.5, 0.6) is 0 Å². The van der Waals surface area contributed by atoms with Crippen LogP contribution in [-0.2, 0) is 4.79 Å². The van der Waals surface area contributed by atoms with Crippen LogP contribution in [0.1, 0.15) is 25.3 Å². The van der Waals surface area contributed by atoms with Crippen molar-refractivity contribution in [2.24, 2.45) is 0 Å². The van der Waals surface area contributed by atoms with Crippen molar-refractivity contribution in [3.63, 3.8) is 0 Å². The van der Waals surface area contributed by atoms with Gasteiger partial charge in [0.15, 0.2) is 0 Å². The fourth-order valence-electron chi connectivity index (χ4n) is 1.39. The Balaban J connectivity index is 1.87. The van der Waals surface area contributed by atoms with E-state index in [0.29, 0.717) is 6.04 Å². The van der Waals surface area contributed by atoms with Gasteiger partial charge in [-0.05, 0) is 38.3 Å². The van der Waals surface area contributed by atoms with Gasteiger partial charge in [-0.15, -0.1) is 0 Å². The van der Waals surface area contributed by atoms with E-state index in [1.165, 1.54) is 0 Å². The first-order valence-electron chi connectivity index (χ1n) is 5.65. The molecule has 1 aromatic rings. The molecular weight excluding hydrogens is 202 g/mol. The Labute approximate surface area is 95.5 Å². The molecule has 86 valence electrons. The van der Waals surface area contributed by atoms with Gasteiger partial charge in [-0.3, -0.25) is 4.79 Å². The first-order valence-corrected chi connectivity index (χ1v) is 5.65. The molecule has 4 nitrogen and oxygen atoms in total. The summed E-state index contributed by atoms with van der Waals surface area (Å²) in [6, 6.07) is 4.02. The highest BCUT2D eigenvalue weighted by atomic mass is 16.2. The number of aromatic nitrogens is 1. The molecular formula is C12H17N3O. The summed E-state index contributed by atoms with van der Waals surface area (Å²) in [5.74, 6) is 0.786. The lowest BCUT2D eigenvalue weighted by atomic mass is 10.3. The van der Waals surface area contributed by atoms with Crippen molar-refractivity contribution >= 4 is 11.7 Å². The third kappa shape index (κ3) is 2.95. The second kappa shape index (κ2) is 4.51. The molecule has 16 heavy (non-hydrogen) atoms. The minimum absolute atomic E-state index is 0.0462. The topological polar surface area (TPSA) is 54.0 Å². The Morgan fingerprint density at radius 3 is 2.81 bits per heavy atom. The van der Waals surface area contributed by atoms with E-state index in [1.54, 1.807) is 6.20 Å². The second-order valence-corrected chi connectivity index (χ2v) is 4.37. The summed E-state index contributed by atoms with van der Waals surface area (Å²) < 4.78 is 0. The highest BCUT2D eigenvalue weighted by Gasteiger charge is 2.25. The summed E-state index contributed by atoms with van der Waals surface area (Å²) in [6.45, 7) is 3.83. The molecule has 1 aliphatic rings. The van der Waals surface area contributed by atoms with Gasteiger partial charge >= 0.3 is 0 Å². The van der Waals surface area contributed by atoms with E-state index in [0.717, 1.165) is 24.2 Å². The van der Waals surface area contributed by atoms with E-state index in [9.17, 15) is 4.79 Å². The number of amides is 1. The standard InChI is InChI=1S/C12H17N3O/c1-8-3-6-11(13-7-8)14-9(2)12(16)15-10-4-5-10/h3,6-7,9-10H,4-5H2,1-2H3,(H,13,14)(H,15,16). The maximum atomic E-state index is 11.7. The van der Waals surface area contributed by atoms with Crippen LogP contribution in [0.4, 0.5) is 5.82 Å². The van der Waals surface area contributed by atoms with Gasteiger partial charge in [0, 0.05) is 12.2 Å². The maximum absolute atomic E-state index is 11.7. The van der Waals surface area contributed by atoms with E-state index in [-0.39, 0.29) is 11.9 Å². The molecule has 0 radical (unpaired) electrons. The lowest BCUT2D eigenvalue weighted by Crippen LogP contribution is -2.38. The first-order chi connectivity index (χ1) is 7.65. The Morgan fingerprint density at radius 2 is 2.25 bits per heavy atom. The van der Waals surface area contributed by atoms with Crippen molar-refractivity contribution in [2.75, 3.05) is 5.32 Å². The van der Waals surface area contributed by atoms with Gasteiger partial charge in [-0.2, -0.15) is 0 Å². The SMILES string of the molecule is Cc1ccc(NC(C)C(=O)NC2CC2)nc1. The second-order valence-electron chi connectivity index (χ2n) is 4.37. The molecule has 1 aliphatic carbocycles. The summed E-state index contributed by atoms with van der Waals surface area (Å²) in [7, 11) is 0. The van der Waals surface area contributed by atoms with E-state index >= 15 is 0 Å². The average Bonchev–Trinajstić information content (AvgIpc) is 3.05. The van der Waals surface area contributed by atoms with E-state index in [1.807, 2.05) is 26.0 Å². The van der Waals surface area contributed by atoms with Gasteiger partial charge < -0.3 is 10.6 Å². The quantitative estimate of drug-likeness (QED) is 0.806. The summed E-state index contributed by atoms with van der Waals surface area (Å²) in [4.78, 5) is 15.9. The van der Waals surface area contributed by atoms with Crippen LogP contribution in [0, 0.1) is 6.92 Å². The molecule has 0 aromatic carbocycles. The number of rotatable bonds is 4. The van der Waals surface area contributed by atoms with Crippen molar-refractivity contribution < 1.29 is 4.79 Å². The molecule has 0 aliphatic heterocycles. The van der Waals surface area contributed by atoms with E-state index in [4.69, 9.17) is 0 Å². The van der Waals surface area contributed by atoms with Gasteiger partial charge in [-0.1, -0.05) is 6.07 Å². The molecule has 1 saturated carbocycles. The molecule has 1 amide bonds. The van der Waals surface area contributed by atoms with Crippen LogP contribution < -0.4 is 10.6 Å². The number of carbonyl (C=O) groups is 1. The number of hydrogen-bond donors (Lipinski definition) is 2. The summed E-state index contributed by atoms with van der Waals surface area (Å²) in [5.41, 5.74) is 1.11. The van der Waals surface area contributed by atoms with Gasteiger partial charge in [0.2, 0.25) is 5.91 Å². The molecule has 2 rings (SSSR count). The average molecular weight is 219 g/mol. The molecule has 4 heteroatoms. The monoisotopic (exact) mass is 219 g/mol. The fourth-order valence-corrected chi connectivity index (χ4v) is 1.39. The van der Waals surface area contributed by atoms with Gasteiger partial charge in [0.25, 0.3) is 0 Å². The van der Waals surface area contributed by atoms with Gasteiger partial charge in [-0.25, -0.2) is 4.98 Å². The van der Waals surface area contributed by atoms with Crippen molar-refractivity contribution in [1.82, 2.24) is 10.3 Å². The summed E-state index contributed by atoms with van der Waals surface area (Å²) >= 11 is 0. The number of hydrogen-bond acceptors (Lipinski definition) is 3. The molecule has 1 fully saturated rings. The molecule has 0 saturated heterocycles. The first kappa shape index (κ1) is 10.9. The third-order valence-corrected chi connectivity index (χ3v) is 2.59. The molecule has 2 N–H and O–H groups in total. The molecule has 0 spiro atoms. The molecule has 1 heterocycles. The number of nitrogens with one attached hydrogen (secondary N) is 2. The minimum Gasteiger partial charge on any atom is -0.359 e. The molecule has 1 aromatic heterocycles. The lowest BCUT2D eigenvalue weighted by Gasteiger charge is -2.14. The maximum Gasteiger partial charge on any atom is 0.242 e. The van der Waals surface area contributed by atoms with Gasteiger partial charge in [0.05, 0.1) is 0 Å². The Kier molecular flexibility index (Phi) is 3.08. The Morgan fingerprint density at radius 1 is 1.50 bits per heavy atom. The Bertz CT molecular complexity index is 370. The predicted molar refractivity (Wildman–Crippen MR) is 63.2 cm³/mol. The van der Waals surface area contributed by atoms with Crippen LogP contribution >= 0.6 is 0 Å². The summed E-state index contributed by atoms with van der Waals surface area (Å²) in [6.07, 6.45) is 4.01. The largest absolute Gasteiger partial charge is 0.359 e. The predicted octanol–water partition coefficient (Wildman–Crippen LogP) is 1.47. The van der Waals surface area contributed by atoms with Crippen LogP contribution in [0.3, 0.4) is 0 Å². The number of carbonyl (C=O) groups excluding carboxylic acids is 1. The van der Waals surface area contributed by atoms with Gasteiger partial charge in [0.1, 0.15) is 11.9 Å². The highest BCUT2D eigenvalue weighted by molar-refractivity contribution is 5.84. The summed E-state index contributed by atoms with van der Waals surface area (Å²) in [5, 5.41) is 6.03.